The molecule has 1 aromatic carbocycles. The van der Waals surface area contributed by atoms with E-state index in [1.807, 2.05) is 19.2 Å². The Kier molecular flexibility index (Phi) is 3.99. The van der Waals surface area contributed by atoms with Gasteiger partial charge in [-0.25, -0.2) is 4.98 Å². The Morgan fingerprint density at radius 3 is 2.82 bits per heavy atom. The summed E-state index contributed by atoms with van der Waals surface area (Å²) in [5.41, 5.74) is 2.78. The van der Waals surface area contributed by atoms with Crippen LogP contribution < -0.4 is 10.2 Å². The van der Waals surface area contributed by atoms with Crippen molar-refractivity contribution in [3.05, 3.63) is 50.6 Å². The molecular formula is C15H12ClN3OS2. The number of carbonyl (C=O) groups is 1. The van der Waals surface area contributed by atoms with Gasteiger partial charge in [0.1, 0.15) is 5.70 Å². The number of thiazole rings is 1. The number of thiocarbonyl (C=S) groups is 1. The van der Waals surface area contributed by atoms with E-state index in [-0.39, 0.29) is 5.91 Å². The number of anilines is 1. The minimum atomic E-state index is -0.193. The molecule has 1 aliphatic heterocycles. The second-order valence-electron chi connectivity index (χ2n) is 4.85. The van der Waals surface area contributed by atoms with Gasteiger partial charge in [-0.05, 0) is 55.9 Å². The number of hydrogen-bond acceptors (Lipinski definition) is 4. The number of hydrogen-bond donors (Lipinski definition) is 1. The van der Waals surface area contributed by atoms with Crippen molar-refractivity contribution in [1.82, 2.24) is 10.3 Å². The third-order valence-electron chi connectivity index (χ3n) is 3.21. The van der Waals surface area contributed by atoms with E-state index in [1.165, 1.54) is 16.2 Å². The summed E-state index contributed by atoms with van der Waals surface area (Å²) in [5, 5.41) is 6.78. The van der Waals surface area contributed by atoms with Gasteiger partial charge in [0.25, 0.3) is 5.91 Å². The van der Waals surface area contributed by atoms with Crippen LogP contribution in [0.3, 0.4) is 0 Å². The summed E-state index contributed by atoms with van der Waals surface area (Å²) in [6.45, 7) is 3.81. The van der Waals surface area contributed by atoms with Gasteiger partial charge in [-0.3, -0.25) is 9.69 Å². The van der Waals surface area contributed by atoms with E-state index in [2.05, 4.69) is 10.3 Å². The van der Waals surface area contributed by atoms with Gasteiger partial charge < -0.3 is 5.32 Å². The molecule has 3 rings (SSSR count). The fraction of sp³-hybridized carbons (Fsp3) is 0.133. The fourth-order valence-electron chi connectivity index (χ4n) is 2.22. The van der Waals surface area contributed by atoms with Crippen molar-refractivity contribution >= 4 is 57.9 Å². The normalized spacial score (nSPS) is 16.5. The van der Waals surface area contributed by atoms with E-state index in [4.69, 9.17) is 23.8 Å². The minimum Gasteiger partial charge on any atom is -0.327 e. The third-order valence-corrected chi connectivity index (χ3v) is 4.52. The van der Waals surface area contributed by atoms with Crippen molar-refractivity contribution in [2.75, 3.05) is 4.90 Å². The Morgan fingerprint density at radius 2 is 2.18 bits per heavy atom. The zero-order valence-electron chi connectivity index (χ0n) is 11.9. The Labute approximate surface area is 142 Å². The van der Waals surface area contributed by atoms with Crippen molar-refractivity contribution in [2.45, 2.75) is 13.8 Å². The van der Waals surface area contributed by atoms with Crippen molar-refractivity contribution < 1.29 is 4.79 Å². The van der Waals surface area contributed by atoms with Crippen LogP contribution in [0.2, 0.25) is 5.02 Å². The monoisotopic (exact) mass is 349 g/mol. The molecule has 112 valence electrons. The first-order chi connectivity index (χ1) is 10.5. The van der Waals surface area contributed by atoms with Gasteiger partial charge in [-0.15, -0.1) is 11.3 Å². The van der Waals surface area contributed by atoms with Gasteiger partial charge in [0.05, 0.1) is 16.4 Å². The predicted molar refractivity (Wildman–Crippen MR) is 94.2 cm³/mol. The molecule has 2 aromatic rings. The maximum Gasteiger partial charge on any atom is 0.281 e. The SMILES string of the molecule is Cc1nc(/C=C2\NC(=S)N(c3ccc(Cl)cc3C)C2=O)cs1. The van der Waals surface area contributed by atoms with Crippen molar-refractivity contribution in [3.63, 3.8) is 0 Å². The maximum atomic E-state index is 12.6. The Balaban J connectivity index is 1.96. The number of nitrogens with one attached hydrogen (secondary N) is 1. The molecule has 2 heterocycles. The molecule has 4 nitrogen and oxygen atoms in total. The highest BCUT2D eigenvalue weighted by Gasteiger charge is 2.32. The van der Waals surface area contributed by atoms with Crippen LogP contribution in [0.25, 0.3) is 6.08 Å². The minimum absolute atomic E-state index is 0.193. The third kappa shape index (κ3) is 2.77. The summed E-state index contributed by atoms with van der Waals surface area (Å²) >= 11 is 12.8. The molecule has 1 aliphatic rings. The molecule has 0 radical (unpaired) electrons. The van der Waals surface area contributed by atoms with E-state index >= 15 is 0 Å². The number of carbonyl (C=O) groups excluding carboxylic acids is 1. The summed E-state index contributed by atoms with van der Waals surface area (Å²) < 4.78 is 0. The predicted octanol–water partition coefficient (Wildman–Crippen LogP) is 3.68. The van der Waals surface area contributed by atoms with Crippen LogP contribution in [0.1, 0.15) is 16.3 Å². The maximum absolute atomic E-state index is 12.6. The quantitative estimate of drug-likeness (QED) is 0.663. The largest absolute Gasteiger partial charge is 0.327 e. The molecule has 1 N–H and O–H groups in total. The second kappa shape index (κ2) is 5.79. The Morgan fingerprint density at radius 1 is 1.41 bits per heavy atom. The Hall–Kier alpha value is -1.76. The van der Waals surface area contributed by atoms with Gasteiger partial charge in [0, 0.05) is 10.4 Å². The lowest BCUT2D eigenvalue weighted by Crippen LogP contribution is -2.30. The lowest BCUT2D eigenvalue weighted by molar-refractivity contribution is -0.113. The first-order valence-corrected chi connectivity index (χ1v) is 8.18. The number of nitrogens with zero attached hydrogens (tertiary/aromatic N) is 2. The van der Waals surface area contributed by atoms with Crippen LogP contribution in [-0.4, -0.2) is 16.0 Å². The lowest BCUT2D eigenvalue weighted by Gasteiger charge is -2.16. The van der Waals surface area contributed by atoms with Crippen molar-refractivity contribution in [2.24, 2.45) is 0 Å². The molecule has 1 amide bonds. The molecule has 1 fully saturated rings. The number of halogens is 1. The number of benzene rings is 1. The molecule has 1 aromatic heterocycles. The summed E-state index contributed by atoms with van der Waals surface area (Å²) in [6, 6.07) is 5.34. The van der Waals surface area contributed by atoms with E-state index in [9.17, 15) is 4.79 Å². The topological polar surface area (TPSA) is 45.2 Å². The van der Waals surface area contributed by atoms with E-state index < -0.39 is 0 Å². The number of aryl methyl sites for hydroxylation is 2. The molecule has 0 atom stereocenters. The van der Waals surface area contributed by atoms with Crippen LogP contribution in [-0.2, 0) is 4.79 Å². The highest BCUT2D eigenvalue weighted by atomic mass is 35.5. The van der Waals surface area contributed by atoms with Crippen molar-refractivity contribution in [3.8, 4) is 0 Å². The number of aromatic nitrogens is 1. The van der Waals surface area contributed by atoms with Crippen LogP contribution in [0, 0.1) is 13.8 Å². The summed E-state index contributed by atoms with van der Waals surface area (Å²) in [7, 11) is 0. The Bertz CT molecular complexity index is 813. The average molecular weight is 350 g/mol. The highest BCUT2D eigenvalue weighted by molar-refractivity contribution is 7.80. The highest BCUT2D eigenvalue weighted by Crippen LogP contribution is 2.28. The van der Waals surface area contributed by atoms with E-state index in [0.717, 1.165) is 22.0 Å². The molecular weight excluding hydrogens is 338 g/mol. The summed E-state index contributed by atoms with van der Waals surface area (Å²) in [6.07, 6.45) is 1.71. The van der Waals surface area contributed by atoms with E-state index in [1.54, 1.807) is 24.3 Å². The number of rotatable bonds is 2. The first-order valence-electron chi connectivity index (χ1n) is 6.51. The van der Waals surface area contributed by atoms with Crippen LogP contribution in [0.15, 0.2) is 29.3 Å². The summed E-state index contributed by atoms with van der Waals surface area (Å²) in [5.74, 6) is -0.193. The first kappa shape index (κ1) is 15.1. The zero-order chi connectivity index (χ0) is 15.9. The molecule has 0 bridgehead atoms. The van der Waals surface area contributed by atoms with Gasteiger partial charge in [0.15, 0.2) is 5.11 Å². The van der Waals surface area contributed by atoms with Gasteiger partial charge in [-0.2, -0.15) is 0 Å². The van der Waals surface area contributed by atoms with Gasteiger partial charge in [-0.1, -0.05) is 11.6 Å². The lowest BCUT2D eigenvalue weighted by atomic mass is 10.2. The molecule has 0 aliphatic carbocycles. The molecule has 1 saturated heterocycles. The molecule has 0 saturated carbocycles. The molecule has 0 unspecified atom stereocenters. The summed E-state index contributed by atoms with van der Waals surface area (Å²) in [4.78, 5) is 18.4. The zero-order valence-corrected chi connectivity index (χ0v) is 14.3. The average Bonchev–Trinajstić information content (AvgIpc) is 2.96. The van der Waals surface area contributed by atoms with Crippen LogP contribution in [0.5, 0.6) is 0 Å². The van der Waals surface area contributed by atoms with Gasteiger partial charge >= 0.3 is 0 Å². The second-order valence-corrected chi connectivity index (χ2v) is 6.74. The van der Waals surface area contributed by atoms with E-state index in [0.29, 0.717) is 15.8 Å². The van der Waals surface area contributed by atoms with Crippen molar-refractivity contribution in [1.29, 1.82) is 0 Å². The standard InChI is InChI=1S/C15H12ClN3OS2/c1-8-5-10(16)3-4-13(8)19-14(20)12(18-15(19)21)6-11-7-22-9(2)17-11/h3-7H,1-2H3,(H,18,21)/b12-6-. The van der Waals surface area contributed by atoms with Crippen LogP contribution in [0.4, 0.5) is 5.69 Å². The smallest absolute Gasteiger partial charge is 0.281 e. The molecule has 22 heavy (non-hydrogen) atoms. The molecule has 7 heteroatoms. The van der Waals surface area contributed by atoms with Gasteiger partial charge in [0.2, 0.25) is 0 Å². The number of amides is 1. The fourth-order valence-corrected chi connectivity index (χ4v) is 3.31. The van der Waals surface area contributed by atoms with Crippen LogP contribution >= 0.6 is 35.2 Å². The molecule has 0 spiro atoms.